The quantitative estimate of drug-likeness (QED) is 0.786. The lowest BCUT2D eigenvalue weighted by Gasteiger charge is -2.44. The predicted molar refractivity (Wildman–Crippen MR) is 105 cm³/mol. The highest BCUT2D eigenvalue weighted by Gasteiger charge is 2.51. The van der Waals surface area contributed by atoms with Crippen molar-refractivity contribution >= 4 is 23.3 Å². The standard InChI is InChI=1S/C21H23ClN2O3/c1-27-17-7-2-14(3-8-17)13-24-19-9-6-16(22)12-18(19)21(10-11-25,15-4-5-15)23-20(24)26/h2-3,6-9,12,15,25H,4-5,10-11,13H2,1H3,(H,23,26). The van der Waals surface area contributed by atoms with Crippen LogP contribution in [0.25, 0.3) is 0 Å². The third-order valence-electron chi connectivity index (χ3n) is 5.59. The smallest absolute Gasteiger partial charge is 0.322 e. The molecule has 1 atom stereocenters. The Morgan fingerprint density at radius 2 is 2.00 bits per heavy atom. The van der Waals surface area contributed by atoms with Gasteiger partial charge in [0.05, 0.1) is 24.9 Å². The average Bonchev–Trinajstić information content (AvgIpc) is 3.51. The maximum absolute atomic E-state index is 13.1. The number of ether oxygens (including phenoxy) is 1. The Balaban J connectivity index is 1.73. The van der Waals surface area contributed by atoms with Crippen LogP contribution in [0, 0.1) is 5.92 Å². The van der Waals surface area contributed by atoms with Crippen molar-refractivity contribution in [1.29, 1.82) is 0 Å². The van der Waals surface area contributed by atoms with Crippen LogP contribution in [-0.4, -0.2) is 24.9 Å². The summed E-state index contributed by atoms with van der Waals surface area (Å²) in [5, 5.41) is 13.5. The van der Waals surface area contributed by atoms with Gasteiger partial charge in [0.2, 0.25) is 0 Å². The van der Waals surface area contributed by atoms with Crippen molar-refractivity contribution in [3.63, 3.8) is 0 Å². The molecule has 2 aliphatic rings. The Labute approximate surface area is 163 Å². The fourth-order valence-corrected chi connectivity index (χ4v) is 4.25. The van der Waals surface area contributed by atoms with Gasteiger partial charge in [0.15, 0.2) is 0 Å². The predicted octanol–water partition coefficient (Wildman–Crippen LogP) is 4.07. The topological polar surface area (TPSA) is 61.8 Å². The fraction of sp³-hybridized carbons (Fsp3) is 0.381. The van der Waals surface area contributed by atoms with Crippen molar-refractivity contribution in [3.8, 4) is 5.75 Å². The van der Waals surface area contributed by atoms with Crippen molar-refractivity contribution in [2.45, 2.75) is 31.3 Å². The minimum absolute atomic E-state index is 0.0151. The van der Waals surface area contributed by atoms with Crippen molar-refractivity contribution in [2.75, 3.05) is 18.6 Å². The lowest BCUT2D eigenvalue weighted by molar-refractivity contribution is 0.179. The van der Waals surface area contributed by atoms with E-state index in [1.807, 2.05) is 42.5 Å². The lowest BCUT2D eigenvalue weighted by Crippen LogP contribution is -2.57. The maximum atomic E-state index is 13.1. The normalized spacial score (nSPS) is 21.6. The highest BCUT2D eigenvalue weighted by atomic mass is 35.5. The van der Waals surface area contributed by atoms with Gasteiger partial charge in [-0.05, 0) is 61.1 Å². The molecular formula is C21H23ClN2O3. The maximum Gasteiger partial charge on any atom is 0.322 e. The second kappa shape index (κ2) is 7.06. The summed E-state index contributed by atoms with van der Waals surface area (Å²) in [6.07, 6.45) is 2.59. The summed E-state index contributed by atoms with van der Waals surface area (Å²) in [5.41, 5.74) is 2.33. The van der Waals surface area contributed by atoms with E-state index in [0.717, 1.165) is 35.4 Å². The number of benzene rings is 2. The highest BCUT2D eigenvalue weighted by Crippen LogP contribution is 2.52. The summed E-state index contributed by atoms with van der Waals surface area (Å²) in [5.74, 6) is 1.12. The number of aliphatic hydroxyl groups is 1. The zero-order valence-corrected chi connectivity index (χ0v) is 16.0. The molecule has 1 aliphatic carbocycles. The average molecular weight is 387 g/mol. The van der Waals surface area contributed by atoms with Gasteiger partial charge >= 0.3 is 6.03 Å². The minimum atomic E-state index is -0.539. The van der Waals surface area contributed by atoms with Crippen LogP contribution >= 0.6 is 11.6 Å². The molecule has 0 bridgehead atoms. The number of halogens is 1. The first-order chi connectivity index (χ1) is 13.1. The second-order valence-electron chi connectivity index (χ2n) is 7.25. The molecule has 5 nitrogen and oxygen atoms in total. The molecule has 6 heteroatoms. The molecule has 1 aliphatic heterocycles. The van der Waals surface area contributed by atoms with E-state index in [-0.39, 0.29) is 12.6 Å². The number of rotatable bonds is 6. The molecule has 1 heterocycles. The number of hydrogen-bond acceptors (Lipinski definition) is 3. The van der Waals surface area contributed by atoms with E-state index in [0.29, 0.717) is 23.9 Å². The number of carbonyl (C=O) groups is 1. The van der Waals surface area contributed by atoms with Crippen LogP contribution in [0.4, 0.5) is 10.5 Å². The van der Waals surface area contributed by atoms with Gasteiger partial charge in [0.1, 0.15) is 5.75 Å². The first kappa shape index (κ1) is 18.1. The van der Waals surface area contributed by atoms with Gasteiger partial charge in [0.25, 0.3) is 0 Å². The monoisotopic (exact) mass is 386 g/mol. The van der Waals surface area contributed by atoms with Crippen LogP contribution < -0.4 is 15.0 Å². The summed E-state index contributed by atoms with van der Waals surface area (Å²) < 4.78 is 5.21. The number of nitrogens with one attached hydrogen (secondary N) is 1. The van der Waals surface area contributed by atoms with Crippen molar-refractivity contribution in [1.82, 2.24) is 5.32 Å². The molecule has 4 rings (SSSR count). The van der Waals surface area contributed by atoms with Gasteiger partial charge < -0.3 is 15.2 Å². The van der Waals surface area contributed by atoms with Crippen molar-refractivity contribution in [3.05, 3.63) is 58.6 Å². The van der Waals surface area contributed by atoms with Crippen molar-refractivity contribution < 1.29 is 14.6 Å². The number of amides is 2. The van der Waals surface area contributed by atoms with E-state index in [4.69, 9.17) is 16.3 Å². The highest BCUT2D eigenvalue weighted by molar-refractivity contribution is 6.30. The molecule has 1 saturated carbocycles. The fourth-order valence-electron chi connectivity index (χ4n) is 4.08. The summed E-state index contributed by atoms with van der Waals surface area (Å²) >= 11 is 6.30. The number of carbonyl (C=O) groups excluding carboxylic acids is 1. The molecule has 0 aromatic heterocycles. The molecule has 142 valence electrons. The minimum Gasteiger partial charge on any atom is -0.497 e. The molecule has 0 radical (unpaired) electrons. The van der Waals surface area contributed by atoms with Crippen LogP contribution in [0.2, 0.25) is 5.02 Å². The van der Waals surface area contributed by atoms with Crippen LogP contribution in [0.15, 0.2) is 42.5 Å². The Morgan fingerprint density at radius 1 is 1.26 bits per heavy atom. The zero-order chi connectivity index (χ0) is 19.0. The third-order valence-corrected chi connectivity index (χ3v) is 5.82. The lowest BCUT2D eigenvalue weighted by atomic mass is 9.79. The molecule has 2 aromatic carbocycles. The molecule has 27 heavy (non-hydrogen) atoms. The largest absolute Gasteiger partial charge is 0.497 e. The van der Waals surface area contributed by atoms with E-state index < -0.39 is 5.54 Å². The van der Waals surface area contributed by atoms with E-state index in [1.165, 1.54) is 0 Å². The van der Waals surface area contributed by atoms with Crippen LogP contribution in [0.5, 0.6) is 5.75 Å². The Hall–Kier alpha value is -2.24. The summed E-state index contributed by atoms with van der Waals surface area (Å²) in [6.45, 7) is 0.464. The number of hydrogen-bond donors (Lipinski definition) is 2. The Kier molecular flexibility index (Phi) is 4.74. The third kappa shape index (κ3) is 3.26. The number of anilines is 1. The molecule has 2 N–H and O–H groups in total. The van der Waals surface area contributed by atoms with E-state index in [2.05, 4.69) is 5.32 Å². The van der Waals surface area contributed by atoms with Gasteiger partial charge in [-0.15, -0.1) is 0 Å². The molecule has 2 amide bonds. The summed E-state index contributed by atoms with van der Waals surface area (Å²) in [6, 6.07) is 13.2. The van der Waals surface area contributed by atoms with E-state index >= 15 is 0 Å². The molecule has 0 saturated heterocycles. The van der Waals surface area contributed by atoms with Gasteiger partial charge in [-0.25, -0.2) is 4.79 Å². The van der Waals surface area contributed by atoms with E-state index in [9.17, 15) is 9.90 Å². The van der Waals surface area contributed by atoms with Gasteiger partial charge in [-0.3, -0.25) is 4.90 Å². The Bertz CT molecular complexity index is 851. The first-order valence-corrected chi connectivity index (χ1v) is 9.58. The van der Waals surface area contributed by atoms with Gasteiger partial charge in [0, 0.05) is 17.2 Å². The molecule has 1 fully saturated rings. The Morgan fingerprint density at radius 3 is 2.63 bits per heavy atom. The molecule has 0 spiro atoms. The van der Waals surface area contributed by atoms with Crippen LogP contribution in [0.1, 0.15) is 30.4 Å². The number of methoxy groups -OCH3 is 1. The number of fused-ring (bicyclic) bond motifs is 1. The van der Waals surface area contributed by atoms with Gasteiger partial charge in [-0.1, -0.05) is 23.7 Å². The summed E-state index contributed by atoms with van der Waals surface area (Å²) in [4.78, 5) is 14.8. The first-order valence-electron chi connectivity index (χ1n) is 9.21. The molecular weight excluding hydrogens is 364 g/mol. The number of urea groups is 1. The zero-order valence-electron chi connectivity index (χ0n) is 15.2. The second-order valence-corrected chi connectivity index (χ2v) is 7.68. The molecule has 2 aromatic rings. The number of nitrogens with zero attached hydrogens (tertiary/aromatic N) is 1. The van der Waals surface area contributed by atoms with Crippen molar-refractivity contribution in [2.24, 2.45) is 5.92 Å². The molecule has 1 unspecified atom stereocenters. The number of aliphatic hydroxyl groups excluding tert-OH is 1. The van der Waals surface area contributed by atoms with Crippen LogP contribution in [-0.2, 0) is 12.1 Å². The van der Waals surface area contributed by atoms with Crippen LogP contribution in [0.3, 0.4) is 0 Å². The van der Waals surface area contributed by atoms with E-state index in [1.54, 1.807) is 12.0 Å². The van der Waals surface area contributed by atoms with Gasteiger partial charge in [-0.2, -0.15) is 0 Å². The SMILES string of the molecule is COc1ccc(CN2C(=O)NC(CCO)(C3CC3)c3cc(Cl)ccc32)cc1. The summed E-state index contributed by atoms with van der Waals surface area (Å²) in [7, 11) is 1.63.